The summed E-state index contributed by atoms with van der Waals surface area (Å²) < 4.78 is 0. The molecule has 0 atom stereocenters. The molecule has 1 aromatic carbocycles. The van der Waals surface area contributed by atoms with Gasteiger partial charge in [-0.2, -0.15) is 0 Å². The summed E-state index contributed by atoms with van der Waals surface area (Å²) in [6.07, 6.45) is 2.52. The van der Waals surface area contributed by atoms with Crippen molar-refractivity contribution in [3.63, 3.8) is 0 Å². The molecule has 0 bridgehead atoms. The number of rotatable bonds is 7. The highest BCUT2D eigenvalue weighted by Crippen LogP contribution is 2.13. The van der Waals surface area contributed by atoms with Crippen molar-refractivity contribution in [1.82, 2.24) is 4.90 Å². The van der Waals surface area contributed by atoms with Crippen LogP contribution in [-0.2, 0) is 0 Å². The predicted octanol–water partition coefficient (Wildman–Crippen LogP) is 3.28. The third-order valence-electron chi connectivity index (χ3n) is 2.72. The van der Waals surface area contributed by atoms with Crippen LogP contribution in [-0.4, -0.2) is 38.6 Å². The van der Waals surface area contributed by atoms with Gasteiger partial charge in [-0.25, -0.2) is 0 Å². The van der Waals surface area contributed by atoms with Gasteiger partial charge in [-0.3, -0.25) is 0 Å². The van der Waals surface area contributed by atoms with E-state index in [2.05, 4.69) is 61.2 Å². The quantitative estimate of drug-likeness (QED) is 0.739. The first-order valence-electron chi connectivity index (χ1n) is 6.18. The van der Waals surface area contributed by atoms with Gasteiger partial charge in [0, 0.05) is 25.3 Å². The van der Waals surface area contributed by atoms with E-state index < -0.39 is 0 Å². The lowest BCUT2D eigenvalue weighted by Gasteiger charge is -2.26. The molecule has 0 aromatic heterocycles. The number of nitrogens with zero attached hydrogens (tertiary/aromatic N) is 2. The van der Waals surface area contributed by atoms with Crippen LogP contribution < -0.4 is 4.90 Å². The van der Waals surface area contributed by atoms with Crippen LogP contribution in [0.15, 0.2) is 30.3 Å². The largest absolute Gasteiger partial charge is 0.370 e. The van der Waals surface area contributed by atoms with Crippen molar-refractivity contribution < 1.29 is 0 Å². The summed E-state index contributed by atoms with van der Waals surface area (Å²) in [5.74, 6) is 0. The first-order valence-corrected chi connectivity index (χ1v) is 6.18. The Bertz CT molecular complexity index is 275. The molecule has 0 saturated carbocycles. The Morgan fingerprint density at radius 1 is 0.941 bits per heavy atom. The predicted molar refractivity (Wildman–Crippen MR) is 79.4 cm³/mol. The standard InChI is InChI=1S/C14H24N2.ClH/c1-4-5-11-16(13-12-15(2)3)14-9-7-6-8-10-14;/h6-10H,4-5,11-13H2,1-3H3;1H. The molecular weight excluding hydrogens is 232 g/mol. The van der Waals surface area contributed by atoms with Crippen LogP contribution in [0.2, 0.25) is 0 Å². The van der Waals surface area contributed by atoms with Crippen LogP contribution in [0.5, 0.6) is 0 Å². The SMILES string of the molecule is CCCCN(CCN(C)C)c1ccccc1.Cl. The number of unbranched alkanes of at least 4 members (excludes halogenated alkanes) is 1. The maximum absolute atomic E-state index is 2.48. The fourth-order valence-electron chi connectivity index (χ4n) is 1.68. The van der Waals surface area contributed by atoms with Gasteiger partial charge in [0.25, 0.3) is 0 Å². The second-order valence-electron chi connectivity index (χ2n) is 4.48. The minimum Gasteiger partial charge on any atom is -0.370 e. The van der Waals surface area contributed by atoms with E-state index in [0.29, 0.717) is 0 Å². The smallest absolute Gasteiger partial charge is 0.0366 e. The number of anilines is 1. The zero-order chi connectivity index (χ0) is 11.8. The van der Waals surface area contributed by atoms with Crippen LogP contribution in [0, 0.1) is 0 Å². The Kier molecular flexibility index (Phi) is 8.92. The summed E-state index contributed by atoms with van der Waals surface area (Å²) in [6, 6.07) is 10.7. The lowest BCUT2D eigenvalue weighted by molar-refractivity contribution is 0.412. The van der Waals surface area contributed by atoms with Gasteiger partial charge in [0.2, 0.25) is 0 Å². The van der Waals surface area contributed by atoms with Crippen LogP contribution in [0.3, 0.4) is 0 Å². The van der Waals surface area contributed by atoms with Crippen molar-refractivity contribution in [2.75, 3.05) is 38.6 Å². The van der Waals surface area contributed by atoms with Crippen molar-refractivity contribution in [3.05, 3.63) is 30.3 Å². The van der Waals surface area contributed by atoms with E-state index in [9.17, 15) is 0 Å². The van der Waals surface area contributed by atoms with Crippen molar-refractivity contribution in [1.29, 1.82) is 0 Å². The summed E-state index contributed by atoms with van der Waals surface area (Å²) in [6.45, 7) is 5.62. The minimum atomic E-state index is 0. The number of para-hydroxylation sites is 1. The van der Waals surface area contributed by atoms with Gasteiger partial charge >= 0.3 is 0 Å². The van der Waals surface area contributed by atoms with Gasteiger partial charge in [0.1, 0.15) is 0 Å². The monoisotopic (exact) mass is 256 g/mol. The summed E-state index contributed by atoms with van der Waals surface area (Å²) in [7, 11) is 4.26. The zero-order valence-electron chi connectivity index (χ0n) is 11.2. The van der Waals surface area contributed by atoms with Crippen molar-refractivity contribution in [2.45, 2.75) is 19.8 Å². The van der Waals surface area contributed by atoms with Crippen LogP contribution >= 0.6 is 12.4 Å². The third kappa shape index (κ3) is 6.54. The third-order valence-corrected chi connectivity index (χ3v) is 2.72. The Morgan fingerprint density at radius 3 is 2.12 bits per heavy atom. The summed E-state index contributed by atoms with van der Waals surface area (Å²) >= 11 is 0. The molecule has 98 valence electrons. The van der Waals surface area contributed by atoms with Gasteiger partial charge < -0.3 is 9.80 Å². The van der Waals surface area contributed by atoms with E-state index in [1.54, 1.807) is 0 Å². The highest BCUT2D eigenvalue weighted by Gasteiger charge is 2.05. The van der Waals surface area contributed by atoms with Crippen molar-refractivity contribution in [3.8, 4) is 0 Å². The molecule has 0 amide bonds. The molecule has 0 unspecified atom stereocenters. The lowest BCUT2D eigenvalue weighted by Crippen LogP contribution is -2.32. The summed E-state index contributed by atoms with van der Waals surface area (Å²) in [5.41, 5.74) is 1.35. The average molecular weight is 257 g/mol. The number of benzene rings is 1. The minimum absolute atomic E-state index is 0. The second kappa shape index (κ2) is 9.32. The number of hydrogen-bond donors (Lipinski definition) is 0. The van der Waals surface area contributed by atoms with Crippen LogP contribution in [0.25, 0.3) is 0 Å². The van der Waals surface area contributed by atoms with Crippen LogP contribution in [0.1, 0.15) is 19.8 Å². The lowest BCUT2D eigenvalue weighted by atomic mass is 10.2. The van der Waals surface area contributed by atoms with E-state index in [1.807, 2.05) is 0 Å². The molecule has 0 aliphatic carbocycles. The van der Waals surface area contributed by atoms with E-state index in [4.69, 9.17) is 0 Å². The molecule has 0 saturated heterocycles. The molecule has 0 fully saturated rings. The first-order chi connectivity index (χ1) is 7.74. The number of halogens is 1. The van der Waals surface area contributed by atoms with Gasteiger partial charge in [-0.15, -0.1) is 12.4 Å². The molecule has 0 spiro atoms. The van der Waals surface area contributed by atoms with Crippen LogP contribution in [0.4, 0.5) is 5.69 Å². The maximum atomic E-state index is 2.48. The Labute approximate surface area is 112 Å². The molecule has 0 aliphatic rings. The van der Waals surface area contributed by atoms with Crippen molar-refractivity contribution in [2.24, 2.45) is 0 Å². The molecule has 1 aromatic rings. The Balaban J connectivity index is 0.00000256. The first kappa shape index (κ1) is 16.3. The maximum Gasteiger partial charge on any atom is 0.0366 e. The van der Waals surface area contributed by atoms with E-state index >= 15 is 0 Å². The van der Waals surface area contributed by atoms with E-state index in [-0.39, 0.29) is 12.4 Å². The zero-order valence-corrected chi connectivity index (χ0v) is 12.0. The van der Waals surface area contributed by atoms with Crippen molar-refractivity contribution >= 4 is 18.1 Å². The molecule has 0 aliphatic heterocycles. The fraction of sp³-hybridized carbons (Fsp3) is 0.571. The van der Waals surface area contributed by atoms with E-state index in [0.717, 1.165) is 19.6 Å². The van der Waals surface area contributed by atoms with E-state index in [1.165, 1.54) is 18.5 Å². The molecule has 0 heterocycles. The molecule has 2 nitrogen and oxygen atoms in total. The molecule has 3 heteroatoms. The highest BCUT2D eigenvalue weighted by molar-refractivity contribution is 5.85. The Morgan fingerprint density at radius 2 is 1.59 bits per heavy atom. The second-order valence-corrected chi connectivity index (χ2v) is 4.48. The number of hydrogen-bond acceptors (Lipinski definition) is 2. The fourth-order valence-corrected chi connectivity index (χ4v) is 1.68. The molecule has 1 rings (SSSR count). The van der Waals surface area contributed by atoms with Gasteiger partial charge in [0.15, 0.2) is 0 Å². The summed E-state index contributed by atoms with van der Waals surface area (Å²) in [4.78, 5) is 4.71. The van der Waals surface area contributed by atoms with Gasteiger partial charge in [-0.1, -0.05) is 31.5 Å². The summed E-state index contributed by atoms with van der Waals surface area (Å²) in [5, 5.41) is 0. The molecule has 0 N–H and O–H groups in total. The normalized spacial score (nSPS) is 10.1. The number of likely N-dealkylation sites (N-methyl/N-ethyl adjacent to an activating group) is 1. The van der Waals surface area contributed by atoms with Gasteiger partial charge in [0.05, 0.1) is 0 Å². The molecule has 17 heavy (non-hydrogen) atoms. The average Bonchev–Trinajstić information content (AvgIpc) is 2.30. The van der Waals surface area contributed by atoms with Gasteiger partial charge in [-0.05, 0) is 32.6 Å². The topological polar surface area (TPSA) is 6.48 Å². The molecular formula is C14H25ClN2. The highest BCUT2D eigenvalue weighted by atomic mass is 35.5. The Hall–Kier alpha value is -0.730. The molecule has 0 radical (unpaired) electrons.